The van der Waals surface area contributed by atoms with Crippen molar-refractivity contribution in [3.8, 4) is 6.07 Å². The summed E-state index contributed by atoms with van der Waals surface area (Å²) in [5.41, 5.74) is 1.47. The van der Waals surface area contributed by atoms with E-state index in [-0.39, 0.29) is 5.92 Å². The third kappa shape index (κ3) is 9.25. The Hall–Kier alpha value is -0.171. The fraction of sp³-hybridized carbons (Fsp3) is 0.875. The second-order valence-electron chi connectivity index (χ2n) is 8.95. The SMILES string of the molecule is CCC[CH2][Sn]([CH2]CCC)([CH2]CCC)[CH2]C(C#N)CC1CCCC/C1=C/OC. The molecule has 2 unspecified atom stereocenters. The first kappa shape index (κ1) is 24.9. The van der Waals surface area contributed by atoms with Crippen LogP contribution in [0, 0.1) is 23.2 Å². The molecule has 1 aliphatic rings. The van der Waals surface area contributed by atoms with Gasteiger partial charge in [-0.3, -0.25) is 0 Å². The molecular weight excluding hydrogens is 437 g/mol. The summed E-state index contributed by atoms with van der Waals surface area (Å²) >= 11 is -2.23. The summed E-state index contributed by atoms with van der Waals surface area (Å²) in [4.78, 5) is 0. The molecule has 0 heterocycles. The number of nitriles is 1. The molecule has 3 heteroatoms. The summed E-state index contributed by atoms with van der Waals surface area (Å²) in [6.07, 6.45) is 16.3. The van der Waals surface area contributed by atoms with Gasteiger partial charge in [-0.05, 0) is 0 Å². The van der Waals surface area contributed by atoms with Gasteiger partial charge in [-0.2, -0.15) is 0 Å². The molecule has 0 spiro atoms. The van der Waals surface area contributed by atoms with E-state index in [4.69, 9.17) is 4.74 Å². The summed E-state index contributed by atoms with van der Waals surface area (Å²) < 4.78 is 11.2. The van der Waals surface area contributed by atoms with Gasteiger partial charge in [0.1, 0.15) is 0 Å². The molecule has 0 bridgehead atoms. The molecule has 2 atom stereocenters. The molecule has 2 nitrogen and oxygen atoms in total. The topological polar surface area (TPSA) is 33.0 Å². The van der Waals surface area contributed by atoms with Crippen molar-refractivity contribution >= 4 is 18.4 Å². The standard InChI is InChI=1S/C12H18NO.3C4H9.Sn/c1-10(8-13)7-11-5-3-4-6-12(11)9-14-2;3*1-3-4-2;/h9-11H,1,3-7H2,2H3;3*1,3-4H2,2H3;/b12-9-;;;;. The third-order valence-corrected chi connectivity index (χ3v) is 22.7. The minimum atomic E-state index is -2.23. The van der Waals surface area contributed by atoms with Gasteiger partial charge in [-0.1, -0.05) is 0 Å². The Morgan fingerprint density at radius 3 is 2.15 bits per heavy atom. The maximum atomic E-state index is 10.0. The van der Waals surface area contributed by atoms with Gasteiger partial charge < -0.3 is 0 Å². The number of hydrogen-bond acceptors (Lipinski definition) is 2. The van der Waals surface area contributed by atoms with Crippen molar-refractivity contribution in [2.75, 3.05) is 7.11 Å². The van der Waals surface area contributed by atoms with E-state index in [0.717, 1.165) is 6.42 Å². The fourth-order valence-electron chi connectivity index (χ4n) is 5.07. The second kappa shape index (κ2) is 14.8. The molecule has 1 saturated carbocycles. The molecule has 1 fully saturated rings. The minimum absolute atomic E-state index is 0.287. The number of rotatable bonds is 14. The maximum absolute atomic E-state index is 10.0. The van der Waals surface area contributed by atoms with Gasteiger partial charge in [0.05, 0.1) is 0 Å². The van der Waals surface area contributed by atoms with E-state index in [9.17, 15) is 5.26 Å². The van der Waals surface area contributed by atoms with Crippen molar-refractivity contribution in [1.29, 1.82) is 5.26 Å². The quantitative estimate of drug-likeness (QED) is 0.185. The molecule has 1 rings (SSSR count). The van der Waals surface area contributed by atoms with Gasteiger partial charge in [0.25, 0.3) is 0 Å². The van der Waals surface area contributed by atoms with Crippen LogP contribution in [-0.2, 0) is 4.74 Å². The molecule has 0 N–H and O–H groups in total. The molecule has 156 valence electrons. The molecule has 1 aliphatic carbocycles. The number of hydrogen-bond donors (Lipinski definition) is 0. The molecule has 0 aliphatic heterocycles. The molecule has 0 aromatic rings. The van der Waals surface area contributed by atoms with Crippen LogP contribution in [0.5, 0.6) is 0 Å². The molecular formula is C24H45NOSn. The number of nitrogens with zero attached hydrogens (tertiary/aromatic N) is 1. The van der Waals surface area contributed by atoms with Crippen molar-refractivity contribution in [2.45, 2.75) is 109 Å². The predicted molar refractivity (Wildman–Crippen MR) is 120 cm³/mol. The van der Waals surface area contributed by atoms with Gasteiger partial charge in [0.2, 0.25) is 0 Å². The predicted octanol–water partition coefficient (Wildman–Crippen LogP) is 8.09. The first-order chi connectivity index (χ1) is 13.1. The van der Waals surface area contributed by atoms with E-state index in [0.29, 0.717) is 5.92 Å². The van der Waals surface area contributed by atoms with Crippen LogP contribution in [0.1, 0.15) is 91.4 Å². The molecule has 0 aromatic heterocycles. The van der Waals surface area contributed by atoms with E-state index in [1.165, 1.54) is 87.5 Å². The van der Waals surface area contributed by atoms with E-state index < -0.39 is 18.4 Å². The number of unbranched alkanes of at least 4 members (excludes halogenated alkanes) is 3. The Morgan fingerprint density at radius 1 is 1.07 bits per heavy atom. The Balaban J connectivity index is 2.89. The summed E-state index contributed by atoms with van der Waals surface area (Å²) in [6, 6.07) is 2.78. The van der Waals surface area contributed by atoms with Crippen LogP contribution >= 0.6 is 0 Å². The number of ether oxygens (including phenoxy) is 1. The normalized spacial score (nSPS) is 20.4. The monoisotopic (exact) mass is 483 g/mol. The van der Waals surface area contributed by atoms with Crippen LogP contribution in [0.4, 0.5) is 0 Å². The van der Waals surface area contributed by atoms with Gasteiger partial charge in [0, 0.05) is 0 Å². The zero-order chi connectivity index (χ0) is 20.0. The van der Waals surface area contributed by atoms with E-state index in [1.807, 2.05) is 6.26 Å². The first-order valence-electron chi connectivity index (χ1n) is 11.8. The summed E-state index contributed by atoms with van der Waals surface area (Å²) in [5.74, 6) is 0.880. The molecule has 0 radical (unpaired) electrons. The zero-order valence-electron chi connectivity index (χ0n) is 18.7. The Labute approximate surface area is 174 Å². The van der Waals surface area contributed by atoms with Crippen LogP contribution < -0.4 is 0 Å². The number of allylic oxidation sites excluding steroid dienone is 1. The van der Waals surface area contributed by atoms with Gasteiger partial charge >= 0.3 is 174 Å². The van der Waals surface area contributed by atoms with Crippen LogP contribution in [-0.4, -0.2) is 25.5 Å². The molecule has 0 saturated heterocycles. The Kier molecular flexibility index (Phi) is 13.6. The van der Waals surface area contributed by atoms with Gasteiger partial charge in [0.15, 0.2) is 0 Å². The van der Waals surface area contributed by atoms with Crippen molar-refractivity contribution in [3.05, 3.63) is 11.8 Å². The average Bonchev–Trinajstić information content (AvgIpc) is 2.70. The van der Waals surface area contributed by atoms with Crippen LogP contribution in [0.25, 0.3) is 0 Å². The zero-order valence-corrected chi connectivity index (χ0v) is 21.5. The van der Waals surface area contributed by atoms with E-state index in [2.05, 4.69) is 26.8 Å². The summed E-state index contributed by atoms with van der Waals surface area (Å²) in [7, 11) is 1.77. The average molecular weight is 482 g/mol. The molecule has 0 amide bonds. The van der Waals surface area contributed by atoms with Crippen molar-refractivity contribution in [2.24, 2.45) is 11.8 Å². The van der Waals surface area contributed by atoms with Crippen LogP contribution in [0.15, 0.2) is 11.8 Å². The van der Waals surface area contributed by atoms with Gasteiger partial charge in [-0.25, -0.2) is 0 Å². The summed E-state index contributed by atoms with van der Waals surface area (Å²) in [5, 5.41) is 10.0. The Bertz CT molecular complexity index is 432. The Morgan fingerprint density at radius 2 is 1.67 bits per heavy atom. The van der Waals surface area contributed by atoms with E-state index >= 15 is 0 Å². The third-order valence-electron chi connectivity index (χ3n) is 6.67. The second-order valence-corrected chi connectivity index (χ2v) is 23.0. The van der Waals surface area contributed by atoms with Crippen molar-refractivity contribution < 1.29 is 4.74 Å². The van der Waals surface area contributed by atoms with Gasteiger partial charge in [-0.15, -0.1) is 0 Å². The number of methoxy groups -OCH3 is 1. The summed E-state index contributed by atoms with van der Waals surface area (Å²) in [6.45, 7) is 7.01. The molecule has 27 heavy (non-hydrogen) atoms. The van der Waals surface area contributed by atoms with Crippen molar-refractivity contribution in [3.63, 3.8) is 0 Å². The van der Waals surface area contributed by atoms with E-state index in [1.54, 1.807) is 7.11 Å². The van der Waals surface area contributed by atoms with Crippen molar-refractivity contribution in [1.82, 2.24) is 0 Å². The molecule has 0 aromatic carbocycles. The fourth-order valence-corrected chi connectivity index (χ4v) is 22.1. The van der Waals surface area contributed by atoms with Crippen LogP contribution in [0.2, 0.25) is 17.7 Å². The first-order valence-corrected chi connectivity index (χ1v) is 19.8. The van der Waals surface area contributed by atoms with Crippen LogP contribution in [0.3, 0.4) is 0 Å².